The highest BCUT2D eigenvalue weighted by Crippen LogP contribution is 2.35. The highest BCUT2D eigenvalue weighted by atomic mass is 16.5. The molecule has 3 rings (SSSR count). The van der Waals surface area contributed by atoms with Crippen molar-refractivity contribution < 1.29 is 9.84 Å². The van der Waals surface area contributed by atoms with Crippen LogP contribution >= 0.6 is 0 Å². The van der Waals surface area contributed by atoms with Gasteiger partial charge in [-0.05, 0) is 79.0 Å². The topological polar surface area (TPSA) is 45.6 Å². The number of hydrogen-bond donors (Lipinski definition) is 1. The number of hydrogen-bond acceptors (Lipinski definition) is 4. The van der Waals surface area contributed by atoms with E-state index in [0.717, 1.165) is 35.4 Å². The van der Waals surface area contributed by atoms with E-state index < -0.39 is 0 Å². The number of ether oxygens (including phenoxy) is 1. The van der Waals surface area contributed by atoms with Crippen molar-refractivity contribution in [1.29, 1.82) is 0 Å². The molecule has 0 amide bonds. The summed E-state index contributed by atoms with van der Waals surface area (Å²) in [7, 11) is 4.07. The number of rotatable bonds is 10. The van der Waals surface area contributed by atoms with Gasteiger partial charge in [0.05, 0.1) is 0 Å². The van der Waals surface area contributed by atoms with Gasteiger partial charge in [-0.1, -0.05) is 42.5 Å². The van der Waals surface area contributed by atoms with Crippen molar-refractivity contribution in [2.45, 2.75) is 12.8 Å². The number of allylic oxidation sites excluding steroid dienone is 1. The van der Waals surface area contributed by atoms with Gasteiger partial charge in [0.25, 0.3) is 0 Å². The average molecular weight is 403 g/mol. The Morgan fingerprint density at radius 3 is 2.17 bits per heavy atom. The summed E-state index contributed by atoms with van der Waals surface area (Å²) in [6, 6.07) is 22.8. The third-order valence-electron chi connectivity index (χ3n) is 4.93. The van der Waals surface area contributed by atoms with Gasteiger partial charge in [-0.25, -0.2) is 0 Å². The normalized spacial score (nSPS) is 12.0. The predicted molar refractivity (Wildman–Crippen MR) is 123 cm³/mol. The van der Waals surface area contributed by atoms with Gasteiger partial charge in [0.2, 0.25) is 0 Å². The Bertz CT molecular complexity index is 920. The molecule has 0 fully saturated rings. The molecule has 0 radical (unpaired) electrons. The first-order valence-corrected chi connectivity index (χ1v) is 10.4. The van der Waals surface area contributed by atoms with Crippen LogP contribution in [0.2, 0.25) is 0 Å². The number of benzene rings is 2. The number of pyridine rings is 1. The van der Waals surface area contributed by atoms with Crippen molar-refractivity contribution in [3.05, 3.63) is 95.8 Å². The first kappa shape index (κ1) is 21.8. The Morgan fingerprint density at radius 1 is 0.867 bits per heavy atom. The van der Waals surface area contributed by atoms with Gasteiger partial charge in [-0.3, -0.25) is 4.98 Å². The molecule has 1 aromatic heterocycles. The van der Waals surface area contributed by atoms with Gasteiger partial charge in [0, 0.05) is 25.5 Å². The molecule has 0 saturated heterocycles. The summed E-state index contributed by atoms with van der Waals surface area (Å²) in [5.74, 6) is 0.867. The third-order valence-corrected chi connectivity index (χ3v) is 4.93. The van der Waals surface area contributed by atoms with Crippen LogP contribution in [0.1, 0.15) is 29.5 Å². The van der Waals surface area contributed by atoms with E-state index in [1.54, 1.807) is 0 Å². The fourth-order valence-electron chi connectivity index (χ4n) is 3.41. The summed E-state index contributed by atoms with van der Waals surface area (Å²) >= 11 is 0. The van der Waals surface area contributed by atoms with Gasteiger partial charge < -0.3 is 14.7 Å². The van der Waals surface area contributed by atoms with Crippen molar-refractivity contribution >= 4 is 11.1 Å². The first-order valence-electron chi connectivity index (χ1n) is 10.4. The van der Waals surface area contributed by atoms with Crippen LogP contribution in [0.5, 0.6) is 5.75 Å². The molecule has 3 aromatic rings. The Morgan fingerprint density at radius 2 is 1.53 bits per heavy atom. The van der Waals surface area contributed by atoms with Crippen molar-refractivity contribution in [2.24, 2.45) is 0 Å². The second-order valence-electron chi connectivity index (χ2n) is 7.46. The molecule has 1 N–H and O–H groups in total. The standard InChI is InChI=1S/C26H30N2O2/c1-28(2)18-20-30-24-12-10-22(11-13-24)26(23-14-16-27-17-15-23)25(9-6-19-29)21-7-4-3-5-8-21/h3-5,7-8,10-17,29H,6,9,18-20H2,1-2H3/b26-25+. The molecule has 156 valence electrons. The van der Waals surface area contributed by atoms with Gasteiger partial charge in [0.15, 0.2) is 0 Å². The second kappa shape index (κ2) is 11.3. The van der Waals surface area contributed by atoms with Gasteiger partial charge in [-0.2, -0.15) is 0 Å². The van der Waals surface area contributed by atoms with Gasteiger partial charge >= 0.3 is 0 Å². The summed E-state index contributed by atoms with van der Waals surface area (Å²) in [5.41, 5.74) is 5.79. The fourth-order valence-corrected chi connectivity index (χ4v) is 3.41. The summed E-state index contributed by atoms with van der Waals surface area (Å²) in [6.07, 6.45) is 5.15. The quantitative estimate of drug-likeness (QED) is 0.497. The summed E-state index contributed by atoms with van der Waals surface area (Å²) in [6.45, 7) is 1.70. The fraction of sp³-hybridized carbons (Fsp3) is 0.269. The van der Waals surface area contributed by atoms with Crippen molar-refractivity contribution in [1.82, 2.24) is 9.88 Å². The lowest BCUT2D eigenvalue weighted by molar-refractivity contribution is 0.261. The number of aliphatic hydroxyl groups is 1. The molecule has 0 saturated carbocycles. The van der Waals surface area contributed by atoms with Crippen LogP contribution in [-0.2, 0) is 0 Å². The van der Waals surface area contributed by atoms with Crippen LogP contribution in [0.4, 0.5) is 0 Å². The molecular formula is C26H30N2O2. The molecule has 4 heteroatoms. The van der Waals surface area contributed by atoms with Crippen LogP contribution < -0.4 is 4.74 Å². The SMILES string of the molecule is CN(C)CCOc1ccc(/C(=C(/CCCO)c2ccccc2)c2ccncc2)cc1. The summed E-state index contributed by atoms with van der Waals surface area (Å²) < 4.78 is 5.87. The number of aromatic nitrogens is 1. The minimum atomic E-state index is 0.165. The minimum Gasteiger partial charge on any atom is -0.492 e. The maximum Gasteiger partial charge on any atom is 0.119 e. The zero-order valence-corrected chi connectivity index (χ0v) is 17.8. The molecule has 0 aliphatic heterocycles. The molecule has 1 heterocycles. The summed E-state index contributed by atoms with van der Waals surface area (Å²) in [5, 5.41) is 9.49. The highest BCUT2D eigenvalue weighted by Gasteiger charge is 2.14. The molecule has 0 atom stereocenters. The molecule has 2 aromatic carbocycles. The second-order valence-corrected chi connectivity index (χ2v) is 7.46. The van der Waals surface area contributed by atoms with Crippen LogP contribution in [0.3, 0.4) is 0 Å². The van der Waals surface area contributed by atoms with Crippen LogP contribution in [0.25, 0.3) is 11.1 Å². The van der Waals surface area contributed by atoms with Crippen LogP contribution in [-0.4, -0.2) is 48.8 Å². The largest absolute Gasteiger partial charge is 0.492 e. The van der Waals surface area contributed by atoms with E-state index in [2.05, 4.69) is 46.3 Å². The molecular weight excluding hydrogens is 372 g/mol. The molecule has 0 unspecified atom stereocenters. The number of likely N-dealkylation sites (N-methyl/N-ethyl adjacent to an activating group) is 1. The lowest BCUT2D eigenvalue weighted by Gasteiger charge is -2.18. The van der Waals surface area contributed by atoms with Crippen molar-refractivity contribution in [3.8, 4) is 5.75 Å². The van der Waals surface area contributed by atoms with E-state index in [4.69, 9.17) is 4.74 Å². The number of nitrogens with zero attached hydrogens (tertiary/aromatic N) is 2. The zero-order chi connectivity index (χ0) is 21.2. The van der Waals surface area contributed by atoms with Gasteiger partial charge in [0.1, 0.15) is 12.4 Å². The van der Waals surface area contributed by atoms with E-state index in [1.807, 2.05) is 56.8 Å². The maximum absolute atomic E-state index is 9.49. The van der Waals surface area contributed by atoms with Gasteiger partial charge in [-0.15, -0.1) is 0 Å². The Labute approximate surface area is 179 Å². The molecule has 4 nitrogen and oxygen atoms in total. The van der Waals surface area contributed by atoms with E-state index in [-0.39, 0.29) is 6.61 Å². The highest BCUT2D eigenvalue weighted by molar-refractivity contribution is 5.98. The van der Waals surface area contributed by atoms with E-state index in [1.165, 1.54) is 11.1 Å². The third kappa shape index (κ3) is 6.02. The minimum absolute atomic E-state index is 0.165. The van der Waals surface area contributed by atoms with Crippen molar-refractivity contribution in [2.75, 3.05) is 33.9 Å². The lowest BCUT2D eigenvalue weighted by Crippen LogP contribution is -2.19. The molecule has 0 aliphatic rings. The van der Waals surface area contributed by atoms with Crippen molar-refractivity contribution in [3.63, 3.8) is 0 Å². The Kier molecular flexibility index (Phi) is 8.19. The monoisotopic (exact) mass is 402 g/mol. The molecule has 0 bridgehead atoms. The molecule has 30 heavy (non-hydrogen) atoms. The Balaban J connectivity index is 2.03. The van der Waals surface area contributed by atoms with Crippen LogP contribution in [0.15, 0.2) is 79.1 Å². The van der Waals surface area contributed by atoms with E-state index in [9.17, 15) is 5.11 Å². The lowest BCUT2D eigenvalue weighted by atomic mass is 9.87. The molecule has 0 aliphatic carbocycles. The van der Waals surface area contributed by atoms with Crippen LogP contribution in [0, 0.1) is 0 Å². The zero-order valence-electron chi connectivity index (χ0n) is 17.8. The van der Waals surface area contributed by atoms with E-state index >= 15 is 0 Å². The first-order chi connectivity index (χ1) is 14.7. The maximum atomic E-state index is 9.49. The Hall–Kier alpha value is -2.95. The molecule has 0 spiro atoms. The van der Waals surface area contributed by atoms with E-state index in [0.29, 0.717) is 13.0 Å². The number of aliphatic hydroxyl groups excluding tert-OH is 1. The predicted octanol–water partition coefficient (Wildman–Crippen LogP) is 4.75. The smallest absolute Gasteiger partial charge is 0.119 e. The summed E-state index contributed by atoms with van der Waals surface area (Å²) in [4.78, 5) is 6.29. The average Bonchev–Trinajstić information content (AvgIpc) is 2.78.